The average Bonchev–Trinajstić information content (AvgIpc) is 4.02. The van der Waals surface area contributed by atoms with Crippen molar-refractivity contribution < 1.29 is 0 Å². The fourth-order valence-electron chi connectivity index (χ4n) is 7.91. The summed E-state index contributed by atoms with van der Waals surface area (Å²) in [4.78, 5) is 0. The molecule has 56 heavy (non-hydrogen) atoms. The summed E-state index contributed by atoms with van der Waals surface area (Å²) >= 11 is 3.50. The number of benzene rings is 8. The summed E-state index contributed by atoms with van der Waals surface area (Å²) in [5.74, 6) is 0. The molecule has 0 bridgehead atoms. The van der Waals surface area contributed by atoms with E-state index in [1.165, 1.54) is 86.8 Å². The standard InChI is InChI=1S/C52H36P2S2/c1-5-13-43(14-6-1)53(44-15-7-2-8-16-44)49-27-23-39-33-37(41-29-31-55-35-41)21-25-47(39)51(49)52-48-26-22-38(42-30-32-56-36-42)34-40(48)24-28-50(52)54(45-17-9-3-10-18-45)46-19-11-4-12-20-46/h1-36H. The minimum absolute atomic E-state index is 0.929. The highest BCUT2D eigenvalue weighted by molar-refractivity contribution is 7.80. The van der Waals surface area contributed by atoms with Gasteiger partial charge in [0, 0.05) is 0 Å². The van der Waals surface area contributed by atoms with Gasteiger partial charge in [0.2, 0.25) is 0 Å². The Balaban J connectivity index is 1.35. The van der Waals surface area contributed by atoms with Crippen molar-refractivity contribution in [2.75, 3.05) is 0 Å². The molecule has 266 valence electrons. The lowest BCUT2D eigenvalue weighted by Gasteiger charge is -2.28. The van der Waals surface area contributed by atoms with Gasteiger partial charge in [0.05, 0.1) is 0 Å². The highest BCUT2D eigenvalue weighted by Gasteiger charge is 2.28. The lowest BCUT2D eigenvalue weighted by molar-refractivity contribution is 1.70. The average molecular weight is 787 g/mol. The Bertz CT molecular complexity index is 2610. The zero-order valence-corrected chi connectivity index (χ0v) is 33.9. The summed E-state index contributed by atoms with van der Waals surface area (Å²) in [5.41, 5.74) is 7.70. The van der Waals surface area contributed by atoms with Crippen LogP contribution in [0.1, 0.15) is 0 Å². The summed E-state index contributed by atoms with van der Waals surface area (Å²) in [6.45, 7) is 0. The molecule has 0 saturated heterocycles. The summed E-state index contributed by atoms with van der Waals surface area (Å²) < 4.78 is 0. The summed E-state index contributed by atoms with van der Waals surface area (Å²) in [6.07, 6.45) is 0. The van der Waals surface area contributed by atoms with Crippen molar-refractivity contribution in [2.24, 2.45) is 0 Å². The van der Waals surface area contributed by atoms with Gasteiger partial charge in [-0.25, -0.2) is 0 Å². The number of hydrogen-bond donors (Lipinski definition) is 0. The molecule has 0 amide bonds. The number of rotatable bonds is 9. The molecule has 0 radical (unpaired) electrons. The molecular formula is C52H36P2S2. The van der Waals surface area contributed by atoms with Gasteiger partial charge in [0.15, 0.2) is 0 Å². The maximum atomic E-state index is 2.45. The first-order chi connectivity index (χ1) is 27.8. The molecule has 0 N–H and O–H groups in total. The van der Waals surface area contributed by atoms with E-state index in [1.807, 2.05) is 0 Å². The number of fused-ring (bicyclic) bond motifs is 2. The van der Waals surface area contributed by atoms with Crippen LogP contribution >= 0.6 is 38.5 Å². The minimum Gasteiger partial charge on any atom is -0.152 e. The fourth-order valence-corrected chi connectivity index (χ4v) is 14.2. The van der Waals surface area contributed by atoms with Crippen molar-refractivity contribution in [3.8, 4) is 33.4 Å². The second-order valence-electron chi connectivity index (χ2n) is 13.8. The summed E-state index contributed by atoms with van der Waals surface area (Å²) in [5, 5.41) is 22.1. The molecule has 0 spiro atoms. The van der Waals surface area contributed by atoms with Crippen molar-refractivity contribution in [3.63, 3.8) is 0 Å². The molecule has 0 aliphatic carbocycles. The predicted octanol–water partition coefficient (Wildman–Crippen LogP) is 12.6. The van der Waals surface area contributed by atoms with E-state index < -0.39 is 15.8 Å². The van der Waals surface area contributed by atoms with E-state index in [-0.39, 0.29) is 0 Å². The third kappa shape index (κ3) is 6.64. The highest BCUT2D eigenvalue weighted by Crippen LogP contribution is 2.46. The summed E-state index contributed by atoms with van der Waals surface area (Å²) in [6, 6.07) is 73.1. The van der Waals surface area contributed by atoms with Gasteiger partial charge in [0.1, 0.15) is 0 Å². The van der Waals surface area contributed by atoms with Crippen molar-refractivity contribution in [1.29, 1.82) is 0 Å². The summed E-state index contributed by atoms with van der Waals surface area (Å²) in [7, 11) is -1.86. The molecule has 0 aliphatic rings. The van der Waals surface area contributed by atoms with Crippen LogP contribution in [0, 0.1) is 0 Å². The lowest BCUT2D eigenvalue weighted by Crippen LogP contribution is -2.26. The Labute approximate surface area is 338 Å². The van der Waals surface area contributed by atoms with Crippen LogP contribution in [0.2, 0.25) is 0 Å². The molecule has 4 heteroatoms. The molecule has 0 nitrogen and oxygen atoms in total. The second-order valence-corrected chi connectivity index (χ2v) is 19.8. The Morgan fingerprint density at radius 2 is 0.661 bits per heavy atom. The van der Waals surface area contributed by atoms with Crippen LogP contribution in [-0.2, 0) is 0 Å². The molecule has 0 aliphatic heterocycles. The van der Waals surface area contributed by atoms with Gasteiger partial charge in [-0.15, -0.1) is 0 Å². The second kappa shape index (κ2) is 15.6. The third-order valence-corrected chi connectivity index (χ3v) is 16.8. The molecule has 10 aromatic rings. The van der Waals surface area contributed by atoms with Gasteiger partial charge < -0.3 is 0 Å². The minimum atomic E-state index is -0.929. The Hall–Kier alpha value is -5.46. The van der Waals surface area contributed by atoms with E-state index in [0.717, 1.165) is 0 Å². The van der Waals surface area contributed by atoms with Crippen LogP contribution in [0.4, 0.5) is 0 Å². The van der Waals surface area contributed by atoms with E-state index in [0.29, 0.717) is 0 Å². The first kappa shape index (κ1) is 35.0. The molecule has 0 fully saturated rings. The number of hydrogen-bond acceptors (Lipinski definition) is 2. The van der Waals surface area contributed by atoms with Crippen LogP contribution in [0.25, 0.3) is 54.9 Å². The van der Waals surface area contributed by atoms with Crippen molar-refractivity contribution in [3.05, 3.63) is 216 Å². The van der Waals surface area contributed by atoms with Gasteiger partial charge in [-0.3, -0.25) is 0 Å². The van der Waals surface area contributed by atoms with Gasteiger partial charge in [-0.05, 0) is 148 Å². The zero-order chi connectivity index (χ0) is 37.3. The van der Waals surface area contributed by atoms with Crippen LogP contribution in [-0.4, -0.2) is 0 Å². The number of thiophene rings is 2. The molecule has 10 rings (SSSR count). The molecule has 2 heterocycles. The fraction of sp³-hybridized carbons (Fsp3) is 0. The van der Waals surface area contributed by atoms with Crippen LogP contribution in [0.15, 0.2) is 216 Å². The monoisotopic (exact) mass is 786 g/mol. The van der Waals surface area contributed by atoms with E-state index >= 15 is 0 Å². The Morgan fingerprint density at radius 1 is 0.304 bits per heavy atom. The van der Waals surface area contributed by atoms with Crippen molar-refractivity contribution in [2.45, 2.75) is 0 Å². The molecule has 2 aromatic heterocycles. The molecule has 0 unspecified atom stereocenters. The van der Waals surface area contributed by atoms with E-state index in [1.54, 1.807) is 22.7 Å². The zero-order valence-electron chi connectivity index (χ0n) is 30.5. The van der Waals surface area contributed by atoms with Gasteiger partial charge >= 0.3 is 0 Å². The molecule has 8 aromatic carbocycles. The predicted molar refractivity (Wildman–Crippen MR) is 251 cm³/mol. The first-order valence-electron chi connectivity index (χ1n) is 18.8. The lowest BCUT2D eigenvalue weighted by atomic mass is 9.91. The Morgan fingerprint density at radius 3 is 0.982 bits per heavy atom. The van der Waals surface area contributed by atoms with Gasteiger partial charge in [-0.1, -0.05) is 170 Å². The van der Waals surface area contributed by atoms with Crippen LogP contribution in [0.3, 0.4) is 0 Å². The highest BCUT2D eigenvalue weighted by atomic mass is 32.1. The van der Waals surface area contributed by atoms with Gasteiger partial charge in [0.25, 0.3) is 0 Å². The first-order valence-corrected chi connectivity index (χ1v) is 23.4. The smallest absolute Gasteiger partial charge is 0.000883 e. The molecular weight excluding hydrogens is 751 g/mol. The largest absolute Gasteiger partial charge is 0.152 e. The third-order valence-electron chi connectivity index (χ3n) is 10.5. The van der Waals surface area contributed by atoms with Crippen molar-refractivity contribution >= 4 is 91.9 Å². The topological polar surface area (TPSA) is 0 Å². The molecule has 0 saturated carbocycles. The maximum Gasteiger partial charge on any atom is -0.000883 e. The van der Waals surface area contributed by atoms with Crippen LogP contribution < -0.4 is 31.8 Å². The Kier molecular flexibility index (Phi) is 9.74. The van der Waals surface area contributed by atoms with E-state index in [2.05, 4.69) is 216 Å². The van der Waals surface area contributed by atoms with E-state index in [4.69, 9.17) is 0 Å². The SMILES string of the molecule is c1ccc(P(c2ccccc2)c2ccc3cc(-c4ccsc4)ccc3c2-c2c(P(c3ccccc3)c3ccccc3)ccc3cc(-c4ccsc4)ccc23)cc1. The van der Waals surface area contributed by atoms with Gasteiger partial charge in [-0.2, -0.15) is 22.7 Å². The maximum absolute atomic E-state index is 2.45. The molecule has 0 atom stereocenters. The quantitative estimate of drug-likeness (QED) is 0.128. The normalized spacial score (nSPS) is 11.5. The van der Waals surface area contributed by atoms with Crippen LogP contribution in [0.5, 0.6) is 0 Å². The van der Waals surface area contributed by atoms with Crippen molar-refractivity contribution in [1.82, 2.24) is 0 Å². The van der Waals surface area contributed by atoms with E-state index in [9.17, 15) is 0 Å².